The first kappa shape index (κ1) is 13.5. The lowest BCUT2D eigenvalue weighted by atomic mass is 10.1. The van der Waals surface area contributed by atoms with Crippen LogP contribution in [0.2, 0.25) is 0 Å². The van der Waals surface area contributed by atoms with Crippen LogP contribution >= 0.6 is 11.8 Å². The van der Waals surface area contributed by atoms with Gasteiger partial charge in [0.05, 0.1) is 0 Å². The molecule has 1 aromatic rings. The number of hydrogen-bond acceptors (Lipinski definition) is 2. The first-order valence-corrected chi connectivity index (χ1v) is 6.94. The van der Waals surface area contributed by atoms with Crippen LogP contribution in [0, 0.1) is 5.82 Å². The summed E-state index contributed by atoms with van der Waals surface area (Å²) in [7, 11) is 0. The highest BCUT2D eigenvalue weighted by molar-refractivity contribution is 7.99. The van der Waals surface area contributed by atoms with Crippen molar-refractivity contribution in [1.82, 2.24) is 5.32 Å². The molecule has 0 spiro atoms. The molecule has 16 heavy (non-hydrogen) atoms. The van der Waals surface area contributed by atoms with E-state index in [9.17, 15) is 4.39 Å². The molecular weight excluding hydrogens is 221 g/mol. The van der Waals surface area contributed by atoms with Crippen molar-refractivity contribution in [3.05, 3.63) is 35.6 Å². The zero-order valence-electron chi connectivity index (χ0n) is 10.2. The van der Waals surface area contributed by atoms with Crippen molar-refractivity contribution in [1.29, 1.82) is 0 Å². The maximum absolute atomic E-state index is 13.4. The Morgan fingerprint density at radius 1 is 1.31 bits per heavy atom. The molecule has 2 atom stereocenters. The maximum atomic E-state index is 13.4. The molecule has 0 fully saturated rings. The third-order valence-electron chi connectivity index (χ3n) is 2.78. The van der Waals surface area contributed by atoms with Crippen LogP contribution in [0.1, 0.15) is 31.9 Å². The molecule has 0 aliphatic heterocycles. The number of benzene rings is 1. The van der Waals surface area contributed by atoms with Crippen molar-refractivity contribution in [3.63, 3.8) is 0 Å². The molecule has 0 heterocycles. The van der Waals surface area contributed by atoms with Crippen LogP contribution in [-0.2, 0) is 0 Å². The summed E-state index contributed by atoms with van der Waals surface area (Å²) in [5.74, 6) is -0.125. The Morgan fingerprint density at radius 3 is 2.62 bits per heavy atom. The highest BCUT2D eigenvalue weighted by Gasteiger charge is 2.09. The van der Waals surface area contributed by atoms with Gasteiger partial charge in [-0.1, -0.05) is 25.1 Å². The van der Waals surface area contributed by atoms with Crippen LogP contribution in [-0.4, -0.2) is 18.1 Å². The molecule has 0 saturated carbocycles. The van der Waals surface area contributed by atoms with Gasteiger partial charge in [0, 0.05) is 16.9 Å². The zero-order valence-corrected chi connectivity index (χ0v) is 11.0. The quantitative estimate of drug-likeness (QED) is 0.816. The SMILES string of the molecule is CSC(C)CCNC(C)c1ccccc1F. The Hall–Kier alpha value is -0.540. The third-order valence-corrected chi connectivity index (χ3v) is 3.82. The van der Waals surface area contributed by atoms with Gasteiger partial charge < -0.3 is 5.32 Å². The second-order valence-corrected chi connectivity index (χ2v) is 5.31. The van der Waals surface area contributed by atoms with Crippen LogP contribution in [0.25, 0.3) is 0 Å². The van der Waals surface area contributed by atoms with E-state index in [0.29, 0.717) is 5.25 Å². The largest absolute Gasteiger partial charge is 0.310 e. The van der Waals surface area contributed by atoms with E-state index in [1.807, 2.05) is 30.8 Å². The van der Waals surface area contributed by atoms with Crippen molar-refractivity contribution in [3.8, 4) is 0 Å². The Bertz CT molecular complexity index is 317. The summed E-state index contributed by atoms with van der Waals surface area (Å²) < 4.78 is 13.4. The van der Waals surface area contributed by atoms with Crippen LogP contribution in [0.5, 0.6) is 0 Å². The number of rotatable bonds is 6. The van der Waals surface area contributed by atoms with E-state index in [-0.39, 0.29) is 11.9 Å². The van der Waals surface area contributed by atoms with Gasteiger partial charge in [0.1, 0.15) is 5.82 Å². The molecule has 0 amide bonds. The minimum Gasteiger partial charge on any atom is -0.310 e. The summed E-state index contributed by atoms with van der Waals surface area (Å²) in [4.78, 5) is 0. The van der Waals surface area contributed by atoms with Gasteiger partial charge in [0.15, 0.2) is 0 Å². The number of halogens is 1. The summed E-state index contributed by atoms with van der Waals surface area (Å²) in [6.07, 6.45) is 3.23. The second-order valence-electron chi connectivity index (χ2n) is 4.03. The number of hydrogen-bond donors (Lipinski definition) is 1. The fourth-order valence-corrected chi connectivity index (χ4v) is 1.91. The molecule has 3 heteroatoms. The summed E-state index contributed by atoms with van der Waals surface area (Å²) in [6.45, 7) is 5.14. The molecule has 2 unspecified atom stereocenters. The zero-order chi connectivity index (χ0) is 12.0. The molecule has 0 aliphatic rings. The van der Waals surface area contributed by atoms with Gasteiger partial charge in [-0.3, -0.25) is 0 Å². The van der Waals surface area contributed by atoms with Crippen molar-refractivity contribution in [2.75, 3.05) is 12.8 Å². The first-order chi connectivity index (χ1) is 7.65. The van der Waals surface area contributed by atoms with E-state index in [1.54, 1.807) is 6.07 Å². The molecule has 0 bridgehead atoms. The minimum absolute atomic E-state index is 0.0789. The van der Waals surface area contributed by atoms with E-state index >= 15 is 0 Å². The smallest absolute Gasteiger partial charge is 0.127 e. The second kappa shape index (κ2) is 6.92. The average molecular weight is 241 g/mol. The average Bonchev–Trinajstić information content (AvgIpc) is 2.29. The topological polar surface area (TPSA) is 12.0 Å². The Kier molecular flexibility index (Phi) is 5.85. The van der Waals surface area contributed by atoms with E-state index in [2.05, 4.69) is 18.5 Å². The number of thioether (sulfide) groups is 1. The molecule has 0 saturated heterocycles. The lowest BCUT2D eigenvalue weighted by Gasteiger charge is -2.16. The fraction of sp³-hybridized carbons (Fsp3) is 0.538. The Balaban J connectivity index is 2.41. The summed E-state index contributed by atoms with van der Waals surface area (Å²) in [5.41, 5.74) is 0.749. The van der Waals surface area contributed by atoms with Gasteiger partial charge in [0.2, 0.25) is 0 Å². The predicted octanol–water partition coefficient (Wildman–Crippen LogP) is 3.62. The van der Waals surface area contributed by atoms with E-state index < -0.39 is 0 Å². The molecule has 0 aliphatic carbocycles. The van der Waals surface area contributed by atoms with Crippen molar-refractivity contribution >= 4 is 11.8 Å². The molecule has 90 valence electrons. The fourth-order valence-electron chi connectivity index (χ4n) is 1.56. The third kappa shape index (κ3) is 4.14. The van der Waals surface area contributed by atoms with Crippen LogP contribution in [0.3, 0.4) is 0 Å². The van der Waals surface area contributed by atoms with Gasteiger partial charge in [-0.05, 0) is 32.2 Å². The van der Waals surface area contributed by atoms with Crippen LogP contribution < -0.4 is 5.32 Å². The van der Waals surface area contributed by atoms with Gasteiger partial charge in [-0.25, -0.2) is 4.39 Å². The van der Waals surface area contributed by atoms with Crippen molar-refractivity contribution < 1.29 is 4.39 Å². The molecule has 0 radical (unpaired) electrons. The van der Waals surface area contributed by atoms with Crippen LogP contribution in [0.15, 0.2) is 24.3 Å². The lowest BCUT2D eigenvalue weighted by Crippen LogP contribution is -2.22. The molecule has 1 N–H and O–H groups in total. The predicted molar refractivity (Wildman–Crippen MR) is 70.4 cm³/mol. The standard InChI is InChI=1S/C13H20FNS/c1-10(16-3)8-9-15-11(2)12-6-4-5-7-13(12)14/h4-7,10-11,15H,8-9H2,1-3H3. The van der Waals surface area contributed by atoms with Crippen molar-refractivity contribution in [2.24, 2.45) is 0 Å². The Labute approximate surface area is 102 Å². The van der Waals surface area contributed by atoms with Gasteiger partial charge >= 0.3 is 0 Å². The number of nitrogens with one attached hydrogen (secondary N) is 1. The van der Waals surface area contributed by atoms with Gasteiger partial charge in [0.25, 0.3) is 0 Å². The van der Waals surface area contributed by atoms with Gasteiger partial charge in [-0.15, -0.1) is 0 Å². The van der Waals surface area contributed by atoms with E-state index in [1.165, 1.54) is 6.07 Å². The normalized spacial score (nSPS) is 14.8. The van der Waals surface area contributed by atoms with E-state index in [0.717, 1.165) is 18.5 Å². The molecule has 1 aromatic carbocycles. The Morgan fingerprint density at radius 2 is 2.00 bits per heavy atom. The van der Waals surface area contributed by atoms with E-state index in [4.69, 9.17) is 0 Å². The highest BCUT2D eigenvalue weighted by atomic mass is 32.2. The first-order valence-electron chi connectivity index (χ1n) is 5.65. The summed E-state index contributed by atoms with van der Waals surface area (Å²) in [6, 6.07) is 7.03. The van der Waals surface area contributed by atoms with Gasteiger partial charge in [-0.2, -0.15) is 11.8 Å². The molecule has 0 aromatic heterocycles. The molecule has 1 nitrogen and oxygen atoms in total. The molecular formula is C13H20FNS. The summed E-state index contributed by atoms with van der Waals surface area (Å²) >= 11 is 1.86. The molecule has 1 rings (SSSR count). The van der Waals surface area contributed by atoms with Crippen LogP contribution in [0.4, 0.5) is 4.39 Å². The summed E-state index contributed by atoms with van der Waals surface area (Å²) in [5, 5.41) is 4.00. The highest BCUT2D eigenvalue weighted by Crippen LogP contribution is 2.16. The van der Waals surface area contributed by atoms with Crippen molar-refractivity contribution in [2.45, 2.75) is 31.6 Å². The minimum atomic E-state index is -0.125. The maximum Gasteiger partial charge on any atom is 0.127 e. The lowest BCUT2D eigenvalue weighted by molar-refractivity contribution is 0.521. The monoisotopic (exact) mass is 241 g/mol.